The van der Waals surface area contributed by atoms with Gasteiger partial charge in [-0.05, 0) is 26.2 Å². The number of aromatic nitrogens is 2. The lowest BCUT2D eigenvalue weighted by Crippen LogP contribution is -2.15. The largest absolute Gasteiger partial charge is 0.480 e. The van der Waals surface area contributed by atoms with E-state index in [0.717, 1.165) is 30.5 Å². The van der Waals surface area contributed by atoms with E-state index >= 15 is 0 Å². The minimum atomic E-state index is -0.877. The van der Waals surface area contributed by atoms with Gasteiger partial charge in [-0.25, -0.2) is 9.97 Å². The monoisotopic (exact) mass is 207 g/mol. The highest BCUT2D eigenvalue weighted by atomic mass is 16.4. The number of carboxylic acids is 1. The molecular weight excluding hydrogens is 194 g/mol. The number of rotatable bonds is 3. The maximum Gasteiger partial charge on any atom is 0.322 e. The van der Waals surface area contributed by atoms with Crippen molar-refractivity contribution in [1.82, 2.24) is 9.97 Å². The molecule has 0 atom stereocenters. The molecule has 0 aromatic carbocycles. The number of nitrogens with one attached hydrogen (secondary N) is 1. The summed E-state index contributed by atoms with van der Waals surface area (Å²) < 4.78 is 0. The third kappa shape index (κ3) is 2.06. The number of carboxylic acid groups (broad SMARTS) is 1. The van der Waals surface area contributed by atoms with Gasteiger partial charge in [-0.15, -0.1) is 0 Å². The van der Waals surface area contributed by atoms with Crippen molar-refractivity contribution in [1.29, 1.82) is 0 Å². The molecule has 5 nitrogen and oxygen atoms in total. The number of nitrogens with zero attached hydrogens (tertiary/aromatic N) is 2. The third-order valence-electron chi connectivity index (χ3n) is 2.45. The minimum absolute atomic E-state index is 0.0944. The second kappa shape index (κ2) is 3.84. The van der Waals surface area contributed by atoms with Crippen LogP contribution < -0.4 is 5.32 Å². The first-order valence-electron chi connectivity index (χ1n) is 4.99. The van der Waals surface area contributed by atoms with Crippen LogP contribution in [0.15, 0.2) is 0 Å². The van der Waals surface area contributed by atoms with Crippen LogP contribution in [0.25, 0.3) is 0 Å². The molecule has 0 radical (unpaired) electrons. The van der Waals surface area contributed by atoms with Gasteiger partial charge in [0.05, 0.1) is 0 Å². The van der Waals surface area contributed by atoms with Gasteiger partial charge in [-0.3, -0.25) is 4.79 Å². The summed E-state index contributed by atoms with van der Waals surface area (Å²) in [7, 11) is 0. The standard InChI is InChI=1S/C10H13N3O2/c1-6-12-8-4-2-3-7(8)10(13-6)11-5-9(14)15/h2-5H2,1H3,(H,14,15)(H,11,12,13). The Morgan fingerprint density at radius 2 is 2.27 bits per heavy atom. The van der Waals surface area contributed by atoms with E-state index in [-0.39, 0.29) is 6.54 Å². The summed E-state index contributed by atoms with van der Waals surface area (Å²) in [6.07, 6.45) is 2.99. The molecule has 80 valence electrons. The summed E-state index contributed by atoms with van der Waals surface area (Å²) >= 11 is 0. The molecule has 2 N–H and O–H groups in total. The molecule has 1 aromatic heterocycles. The van der Waals surface area contributed by atoms with E-state index < -0.39 is 5.97 Å². The first kappa shape index (κ1) is 9.89. The van der Waals surface area contributed by atoms with Gasteiger partial charge in [0, 0.05) is 11.3 Å². The molecule has 0 fully saturated rings. The zero-order valence-electron chi connectivity index (χ0n) is 8.58. The number of carbonyl (C=O) groups is 1. The molecule has 0 aliphatic heterocycles. The van der Waals surface area contributed by atoms with Gasteiger partial charge < -0.3 is 10.4 Å². The molecule has 0 saturated heterocycles. The lowest BCUT2D eigenvalue weighted by molar-refractivity contribution is -0.134. The molecule has 2 rings (SSSR count). The van der Waals surface area contributed by atoms with Gasteiger partial charge in [-0.2, -0.15) is 0 Å². The lowest BCUT2D eigenvalue weighted by atomic mass is 10.2. The van der Waals surface area contributed by atoms with Crippen molar-refractivity contribution in [3.05, 3.63) is 17.1 Å². The molecular formula is C10H13N3O2. The summed E-state index contributed by atoms with van der Waals surface area (Å²) in [4.78, 5) is 19.0. The summed E-state index contributed by atoms with van der Waals surface area (Å²) in [5, 5.41) is 11.4. The molecule has 1 aliphatic rings. The van der Waals surface area contributed by atoms with Gasteiger partial charge in [0.2, 0.25) is 0 Å². The van der Waals surface area contributed by atoms with Crippen LogP contribution in [0.2, 0.25) is 0 Å². The van der Waals surface area contributed by atoms with Crippen LogP contribution in [0.3, 0.4) is 0 Å². The molecule has 1 aromatic rings. The SMILES string of the molecule is Cc1nc2c(c(NCC(=O)O)n1)CCC2. The van der Waals surface area contributed by atoms with Crippen molar-refractivity contribution in [3.8, 4) is 0 Å². The van der Waals surface area contributed by atoms with Gasteiger partial charge in [0.25, 0.3) is 0 Å². The van der Waals surface area contributed by atoms with E-state index in [2.05, 4.69) is 15.3 Å². The fraction of sp³-hybridized carbons (Fsp3) is 0.500. The molecule has 0 bridgehead atoms. The summed E-state index contributed by atoms with van der Waals surface area (Å²) in [6, 6.07) is 0. The Balaban J connectivity index is 2.26. The topological polar surface area (TPSA) is 75.1 Å². The highest BCUT2D eigenvalue weighted by molar-refractivity contribution is 5.72. The van der Waals surface area contributed by atoms with Crippen molar-refractivity contribution >= 4 is 11.8 Å². The predicted octanol–water partition coefficient (Wildman–Crippen LogP) is 0.770. The quantitative estimate of drug-likeness (QED) is 0.765. The Labute approximate surface area is 87.6 Å². The third-order valence-corrected chi connectivity index (χ3v) is 2.45. The maximum atomic E-state index is 10.5. The predicted molar refractivity (Wildman–Crippen MR) is 54.9 cm³/mol. The molecule has 1 heterocycles. The Kier molecular flexibility index (Phi) is 2.53. The van der Waals surface area contributed by atoms with Crippen molar-refractivity contribution in [2.24, 2.45) is 0 Å². The van der Waals surface area contributed by atoms with Gasteiger partial charge in [0.15, 0.2) is 0 Å². The molecule has 15 heavy (non-hydrogen) atoms. The van der Waals surface area contributed by atoms with Crippen molar-refractivity contribution in [3.63, 3.8) is 0 Å². The Hall–Kier alpha value is -1.65. The van der Waals surface area contributed by atoms with Crippen LogP contribution in [0.5, 0.6) is 0 Å². The molecule has 0 unspecified atom stereocenters. The second-order valence-electron chi connectivity index (χ2n) is 3.65. The number of hydrogen-bond donors (Lipinski definition) is 2. The van der Waals surface area contributed by atoms with Gasteiger partial charge in [0.1, 0.15) is 18.2 Å². The molecule has 0 spiro atoms. The van der Waals surface area contributed by atoms with E-state index in [1.807, 2.05) is 6.92 Å². The molecule has 1 aliphatic carbocycles. The van der Waals surface area contributed by atoms with Crippen LogP contribution >= 0.6 is 0 Å². The summed E-state index contributed by atoms with van der Waals surface area (Å²) in [5.41, 5.74) is 2.15. The van der Waals surface area contributed by atoms with Crippen LogP contribution in [0, 0.1) is 6.92 Å². The average molecular weight is 207 g/mol. The van der Waals surface area contributed by atoms with E-state index in [0.29, 0.717) is 11.6 Å². The number of hydrogen-bond acceptors (Lipinski definition) is 4. The summed E-state index contributed by atoms with van der Waals surface area (Å²) in [6.45, 7) is 1.73. The highest BCUT2D eigenvalue weighted by Gasteiger charge is 2.18. The van der Waals surface area contributed by atoms with Crippen LogP contribution in [-0.2, 0) is 17.6 Å². The van der Waals surface area contributed by atoms with Crippen LogP contribution in [-0.4, -0.2) is 27.6 Å². The van der Waals surface area contributed by atoms with Gasteiger partial charge >= 0.3 is 5.97 Å². The number of anilines is 1. The zero-order valence-corrected chi connectivity index (χ0v) is 8.58. The minimum Gasteiger partial charge on any atom is -0.480 e. The first-order valence-corrected chi connectivity index (χ1v) is 4.99. The smallest absolute Gasteiger partial charge is 0.322 e. The highest BCUT2D eigenvalue weighted by Crippen LogP contribution is 2.25. The number of aliphatic carboxylic acids is 1. The Morgan fingerprint density at radius 1 is 1.47 bits per heavy atom. The zero-order chi connectivity index (χ0) is 10.8. The second-order valence-corrected chi connectivity index (χ2v) is 3.65. The number of aryl methyl sites for hydroxylation is 2. The molecule has 5 heteroatoms. The Morgan fingerprint density at radius 3 is 3.00 bits per heavy atom. The summed E-state index contributed by atoms with van der Waals surface area (Å²) in [5.74, 6) is 0.513. The Bertz CT molecular complexity index is 404. The molecule has 0 saturated carbocycles. The lowest BCUT2D eigenvalue weighted by Gasteiger charge is -2.08. The van der Waals surface area contributed by atoms with E-state index in [9.17, 15) is 4.79 Å². The molecule has 0 amide bonds. The number of fused-ring (bicyclic) bond motifs is 1. The normalized spacial score (nSPS) is 13.7. The van der Waals surface area contributed by atoms with Crippen LogP contribution in [0.1, 0.15) is 23.5 Å². The van der Waals surface area contributed by atoms with Crippen molar-refractivity contribution in [2.75, 3.05) is 11.9 Å². The first-order chi connectivity index (χ1) is 7.16. The van der Waals surface area contributed by atoms with Crippen LogP contribution in [0.4, 0.5) is 5.82 Å². The van der Waals surface area contributed by atoms with E-state index in [1.165, 1.54) is 0 Å². The fourth-order valence-corrected chi connectivity index (χ4v) is 1.86. The van der Waals surface area contributed by atoms with E-state index in [1.54, 1.807) is 0 Å². The van der Waals surface area contributed by atoms with E-state index in [4.69, 9.17) is 5.11 Å². The van der Waals surface area contributed by atoms with Gasteiger partial charge in [-0.1, -0.05) is 0 Å². The maximum absolute atomic E-state index is 10.5. The van der Waals surface area contributed by atoms with Crippen molar-refractivity contribution < 1.29 is 9.90 Å². The fourth-order valence-electron chi connectivity index (χ4n) is 1.86. The average Bonchev–Trinajstić information content (AvgIpc) is 2.61. The van der Waals surface area contributed by atoms with Crippen molar-refractivity contribution in [2.45, 2.75) is 26.2 Å².